The number of nitrogens with zero attached hydrogens (tertiary/aromatic N) is 8. The molecule has 2 saturated heterocycles. The first-order valence-electron chi connectivity index (χ1n) is 13.3. The molecule has 2 fully saturated rings. The number of nitrogens with two attached hydrogens (primary N) is 1. The Bertz CT molecular complexity index is 1550. The molecule has 0 bridgehead atoms. The number of rotatable bonds is 6. The highest BCUT2D eigenvalue weighted by Gasteiger charge is 2.36. The van der Waals surface area contributed by atoms with Crippen LogP contribution in [0.15, 0.2) is 41.0 Å². The lowest BCUT2D eigenvalue weighted by atomic mass is 9.97. The van der Waals surface area contributed by atoms with Crippen LogP contribution in [0.1, 0.15) is 28.8 Å². The summed E-state index contributed by atoms with van der Waals surface area (Å²) in [4.78, 5) is 30.7. The number of piperidine rings is 1. The van der Waals surface area contributed by atoms with Crippen molar-refractivity contribution in [1.82, 2.24) is 29.5 Å². The summed E-state index contributed by atoms with van der Waals surface area (Å²) < 4.78 is 47.9. The van der Waals surface area contributed by atoms with Crippen molar-refractivity contribution in [3.8, 4) is 11.6 Å². The van der Waals surface area contributed by atoms with Crippen LogP contribution in [-0.4, -0.2) is 86.4 Å². The van der Waals surface area contributed by atoms with Gasteiger partial charge >= 0.3 is 12.1 Å². The second-order valence-electron chi connectivity index (χ2n) is 10.3. The van der Waals surface area contributed by atoms with Crippen LogP contribution in [0, 0.1) is 5.92 Å². The molecule has 3 aromatic heterocycles. The zero-order valence-corrected chi connectivity index (χ0v) is 22.0. The second kappa shape index (κ2) is 10.5. The van der Waals surface area contributed by atoms with Crippen LogP contribution in [-0.2, 0) is 6.18 Å². The summed E-state index contributed by atoms with van der Waals surface area (Å²) in [5.41, 5.74) is 4.89. The summed E-state index contributed by atoms with van der Waals surface area (Å²) in [6.45, 7) is 4.29. The van der Waals surface area contributed by atoms with Gasteiger partial charge in [0.25, 0.3) is 5.78 Å². The molecule has 0 aliphatic carbocycles. The molecule has 4 aromatic rings. The number of carboxylic acids is 1. The van der Waals surface area contributed by atoms with Crippen LogP contribution >= 0.6 is 0 Å². The number of nitrogen functional groups attached to an aromatic ring is 1. The van der Waals surface area contributed by atoms with Gasteiger partial charge in [-0.15, -0.1) is 5.10 Å². The van der Waals surface area contributed by atoms with E-state index in [0.29, 0.717) is 68.0 Å². The first-order chi connectivity index (χ1) is 19.7. The normalized spacial score (nSPS) is 18.8. The van der Waals surface area contributed by atoms with E-state index < -0.39 is 17.7 Å². The minimum atomic E-state index is -4.65. The van der Waals surface area contributed by atoms with Gasteiger partial charge in [0.2, 0.25) is 17.7 Å². The quantitative estimate of drug-likeness (QED) is 0.353. The van der Waals surface area contributed by atoms with Crippen LogP contribution in [0.5, 0.6) is 0 Å². The first-order valence-corrected chi connectivity index (χ1v) is 13.3. The van der Waals surface area contributed by atoms with Crippen molar-refractivity contribution in [3.05, 3.63) is 47.7 Å². The second-order valence-corrected chi connectivity index (χ2v) is 10.3. The van der Waals surface area contributed by atoms with Crippen LogP contribution in [0.4, 0.5) is 30.8 Å². The van der Waals surface area contributed by atoms with Gasteiger partial charge in [-0.05, 0) is 49.1 Å². The summed E-state index contributed by atoms with van der Waals surface area (Å²) in [7, 11) is 0. The van der Waals surface area contributed by atoms with Crippen LogP contribution in [0.2, 0.25) is 0 Å². The molecule has 0 spiro atoms. The highest BCUT2D eigenvalue weighted by atomic mass is 19.4. The zero-order valence-electron chi connectivity index (χ0n) is 22.0. The number of hydrogen-bond acceptors (Lipinski definition) is 10. The third-order valence-corrected chi connectivity index (χ3v) is 7.54. The van der Waals surface area contributed by atoms with Crippen LogP contribution < -0.4 is 15.5 Å². The van der Waals surface area contributed by atoms with Crippen molar-refractivity contribution in [2.24, 2.45) is 5.92 Å². The summed E-state index contributed by atoms with van der Waals surface area (Å²) >= 11 is 0. The van der Waals surface area contributed by atoms with E-state index in [1.807, 2.05) is 0 Å². The van der Waals surface area contributed by atoms with E-state index in [1.165, 1.54) is 22.9 Å². The fourth-order valence-electron chi connectivity index (χ4n) is 5.55. The van der Waals surface area contributed by atoms with E-state index in [1.54, 1.807) is 17.0 Å². The molecule has 0 amide bonds. The average Bonchev–Trinajstić information content (AvgIpc) is 3.64. The average molecular weight is 572 g/mol. The van der Waals surface area contributed by atoms with Crippen LogP contribution in [0.3, 0.4) is 0 Å². The molecule has 6 rings (SSSR count). The molecule has 3 N–H and O–H groups in total. The molecule has 2 aliphatic rings. The molecule has 0 saturated carbocycles. The van der Waals surface area contributed by atoms with Gasteiger partial charge in [0, 0.05) is 51.5 Å². The molecule has 0 radical (unpaired) electrons. The maximum absolute atomic E-state index is 13.7. The maximum Gasteiger partial charge on any atom is 0.418 e. The Morgan fingerprint density at radius 1 is 1.07 bits per heavy atom. The van der Waals surface area contributed by atoms with Gasteiger partial charge in [-0.25, -0.2) is 4.79 Å². The molecular formula is C26H28F3N9O3. The fraction of sp³-hybridized carbons (Fsp3) is 0.423. The Morgan fingerprint density at radius 2 is 1.88 bits per heavy atom. The Balaban J connectivity index is 1.10. The lowest BCUT2D eigenvalue weighted by Gasteiger charge is -2.40. The third kappa shape index (κ3) is 5.49. The molecule has 12 nitrogen and oxygen atoms in total. The van der Waals surface area contributed by atoms with E-state index in [0.717, 1.165) is 25.9 Å². The van der Waals surface area contributed by atoms with E-state index in [-0.39, 0.29) is 17.2 Å². The lowest BCUT2D eigenvalue weighted by molar-refractivity contribution is -0.137. The highest BCUT2D eigenvalue weighted by Crippen LogP contribution is 2.38. The van der Waals surface area contributed by atoms with Crippen LogP contribution in [0.25, 0.3) is 17.4 Å². The number of aromatic nitrogens is 5. The number of alkyl halides is 3. The molecular weight excluding hydrogens is 543 g/mol. The fourth-order valence-corrected chi connectivity index (χ4v) is 5.55. The summed E-state index contributed by atoms with van der Waals surface area (Å²) in [6, 6.07) is 6.69. The largest absolute Gasteiger partial charge is 0.478 e. The summed E-state index contributed by atoms with van der Waals surface area (Å²) in [6.07, 6.45) is -1.16. The molecule has 1 atom stereocenters. The standard InChI is InChI=1S/C26H28F3N9O3/c27-26(28,29)18-13-17(22(39)40)5-6-19(18)36-10-8-35(9-11-36)14-16-3-1-7-37(15-16)24-32-23(30)38-25(33-24)31-21(34-38)20-4-2-12-41-20/h2,4-6,12-13,16H,1,3,7-11,14-15H2,(H,39,40)(H2,30,31,32,33,34). The van der Waals surface area contributed by atoms with Crippen molar-refractivity contribution in [2.45, 2.75) is 19.0 Å². The van der Waals surface area contributed by atoms with E-state index in [2.05, 4.69) is 29.9 Å². The van der Waals surface area contributed by atoms with Gasteiger partial charge in [0.05, 0.1) is 17.4 Å². The number of aromatic carboxylic acids is 1. The number of benzene rings is 1. The maximum atomic E-state index is 13.7. The van der Waals surface area contributed by atoms with E-state index in [4.69, 9.17) is 15.3 Å². The van der Waals surface area contributed by atoms with Gasteiger partial charge in [-0.1, -0.05) is 0 Å². The number of carboxylic acid groups (broad SMARTS) is 1. The van der Waals surface area contributed by atoms with E-state index >= 15 is 0 Å². The van der Waals surface area contributed by atoms with E-state index in [9.17, 15) is 18.0 Å². The van der Waals surface area contributed by atoms with Crippen molar-refractivity contribution >= 4 is 29.3 Å². The third-order valence-electron chi connectivity index (χ3n) is 7.54. The molecule has 15 heteroatoms. The molecule has 5 heterocycles. The SMILES string of the molecule is Nc1nc(N2CCCC(CN3CCN(c4ccc(C(=O)O)cc4C(F)(F)F)CC3)C2)nc2nc(-c3ccco3)nn12. The lowest BCUT2D eigenvalue weighted by Crippen LogP contribution is -2.50. The minimum Gasteiger partial charge on any atom is -0.478 e. The Labute approximate surface area is 232 Å². The Morgan fingerprint density at radius 3 is 2.59 bits per heavy atom. The molecule has 41 heavy (non-hydrogen) atoms. The predicted octanol–water partition coefficient (Wildman–Crippen LogP) is 3.12. The number of carbonyl (C=O) groups is 1. The highest BCUT2D eigenvalue weighted by molar-refractivity contribution is 5.88. The monoisotopic (exact) mass is 571 g/mol. The number of anilines is 3. The molecule has 1 aromatic carbocycles. The number of hydrogen-bond donors (Lipinski definition) is 2. The summed E-state index contributed by atoms with van der Waals surface area (Å²) in [5, 5.41) is 13.5. The smallest absolute Gasteiger partial charge is 0.418 e. The summed E-state index contributed by atoms with van der Waals surface area (Å²) in [5.74, 6) is 0.766. The number of piperazine rings is 1. The number of furan rings is 1. The first kappa shape index (κ1) is 26.8. The van der Waals surface area contributed by atoms with Gasteiger partial charge in [0.1, 0.15) is 0 Å². The molecule has 216 valence electrons. The number of fused-ring (bicyclic) bond motifs is 1. The van der Waals surface area contributed by atoms with Gasteiger partial charge in [-0.3, -0.25) is 4.90 Å². The van der Waals surface area contributed by atoms with Crippen molar-refractivity contribution in [3.63, 3.8) is 0 Å². The van der Waals surface area contributed by atoms with Gasteiger partial charge in [0.15, 0.2) is 5.76 Å². The molecule has 1 unspecified atom stereocenters. The predicted molar refractivity (Wildman–Crippen MR) is 143 cm³/mol. The number of halogens is 3. The van der Waals surface area contributed by atoms with Crippen molar-refractivity contribution in [2.75, 3.05) is 61.3 Å². The topological polar surface area (TPSA) is 142 Å². The Kier molecular flexibility index (Phi) is 6.89. The molecule has 2 aliphatic heterocycles. The van der Waals surface area contributed by atoms with Crippen molar-refractivity contribution < 1.29 is 27.5 Å². The van der Waals surface area contributed by atoms with Gasteiger partial charge in [-0.2, -0.15) is 32.6 Å². The zero-order chi connectivity index (χ0) is 28.7. The minimum absolute atomic E-state index is 0.0137. The Hall–Kier alpha value is -4.40. The van der Waals surface area contributed by atoms with Gasteiger partial charge < -0.3 is 25.1 Å². The van der Waals surface area contributed by atoms with Crippen molar-refractivity contribution in [1.29, 1.82) is 0 Å².